The molecule has 3 nitrogen and oxygen atoms in total. The van der Waals surface area contributed by atoms with Gasteiger partial charge in [0.15, 0.2) is 11.6 Å². The Hall–Kier alpha value is -1.91. The Morgan fingerprint density at radius 2 is 2.12 bits per heavy atom. The van der Waals surface area contributed by atoms with Gasteiger partial charge in [-0.25, -0.2) is 8.78 Å². The lowest BCUT2D eigenvalue weighted by atomic mass is 10.0. The summed E-state index contributed by atoms with van der Waals surface area (Å²) < 4.78 is 31.4. The second kappa shape index (κ2) is 4.53. The monoisotopic (exact) mass is 238 g/mol. The van der Waals surface area contributed by atoms with Gasteiger partial charge in [0.05, 0.1) is 5.56 Å². The molecule has 0 spiro atoms. The van der Waals surface area contributed by atoms with Gasteiger partial charge in [-0.3, -0.25) is 0 Å². The highest BCUT2D eigenvalue weighted by molar-refractivity contribution is 5.66. The first-order chi connectivity index (χ1) is 8.13. The van der Waals surface area contributed by atoms with E-state index in [1.165, 1.54) is 12.1 Å². The Labute approximate surface area is 97.2 Å². The summed E-state index contributed by atoms with van der Waals surface area (Å²) in [5.74, 6) is -0.776. The Balaban J connectivity index is 2.52. The van der Waals surface area contributed by atoms with E-state index in [-0.39, 0.29) is 17.1 Å². The Kier molecular flexibility index (Phi) is 3.08. The molecule has 2 rings (SSSR count). The van der Waals surface area contributed by atoms with Gasteiger partial charge >= 0.3 is 0 Å². The molecule has 0 saturated carbocycles. The van der Waals surface area contributed by atoms with E-state index in [1.54, 1.807) is 0 Å². The molecule has 17 heavy (non-hydrogen) atoms. The van der Waals surface area contributed by atoms with Gasteiger partial charge in [0.25, 0.3) is 0 Å². The van der Waals surface area contributed by atoms with Gasteiger partial charge in [-0.2, -0.15) is 0 Å². The Morgan fingerprint density at radius 3 is 2.76 bits per heavy atom. The third-order valence-corrected chi connectivity index (χ3v) is 2.49. The summed E-state index contributed by atoms with van der Waals surface area (Å²) in [7, 11) is 0. The standard InChI is InChI=1S/C12H12F2N2O/c1-2-3-9-11(17-16-12(9)15)8-5-4-7(13)6-10(8)14/h4-6H,2-3H2,1H3,(H2,15,16). The van der Waals surface area contributed by atoms with E-state index in [0.717, 1.165) is 12.5 Å². The SMILES string of the molecule is CCCc1c(N)noc1-c1ccc(F)cc1F. The number of hydrogen-bond acceptors (Lipinski definition) is 3. The van der Waals surface area contributed by atoms with Crippen LogP contribution < -0.4 is 5.73 Å². The molecule has 2 N–H and O–H groups in total. The number of nitrogens with two attached hydrogens (primary N) is 1. The van der Waals surface area contributed by atoms with Crippen molar-refractivity contribution in [2.45, 2.75) is 19.8 Å². The fraction of sp³-hybridized carbons (Fsp3) is 0.250. The van der Waals surface area contributed by atoms with Crippen molar-refractivity contribution in [3.8, 4) is 11.3 Å². The molecule has 0 bridgehead atoms. The van der Waals surface area contributed by atoms with Crippen LogP contribution in [-0.4, -0.2) is 5.16 Å². The van der Waals surface area contributed by atoms with Crippen molar-refractivity contribution in [1.29, 1.82) is 0 Å². The molecule has 5 heteroatoms. The van der Waals surface area contributed by atoms with E-state index >= 15 is 0 Å². The number of hydrogen-bond donors (Lipinski definition) is 1. The molecule has 0 unspecified atom stereocenters. The third-order valence-electron chi connectivity index (χ3n) is 2.49. The predicted molar refractivity (Wildman–Crippen MR) is 60.3 cm³/mol. The minimum absolute atomic E-state index is 0.180. The summed E-state index contributed by atoms with van der Waals surface area (Å²) in [6.07, 6.45) is 1.47. The van der Waals surface area contributed by atoms with E-state index < -0.39 is 11.6 Å². The molecule has 0 aliphatic rings. The third kappa shape index (κ3) is 2.13. The maximum atomic E-state index is 13.6. The number of anilines is 1. The minimum Gasteiger partial charge on any atom is -0.381 e. The van der Waals surface area contributed by atoms with Crippen LogP contribution in [0.3, 0.4) is 0 Å². The van der Waals surface area contributed by atoms with Crippen molar-refractivity contribution >= 4 is 5.82 Å². The van der Waals surface area contributed by atoms with Crippen molar-refractivity contribution in [1.82, 2.24) is 5.16 Å². The summed E-state index contributed by atoms with van der Waals surface area (Å²) in [5, 5.41) is 3.62. The second-order valence-electron chi connectivity index (χ2n) is 3.75. The first-order valence-electron chi connectivity index (χ1n) is 5.33. The van der Waals surface area contributed by atoms with Gasteiger partial charge in [-0.15, -0.1) is 0 Å². The quantitative estimate of drug-likeness (QED) is 0.893. The van der Waals surface area contributed by atoms with Crippen LogP contribution in [0.4, 0.5) is 14.6 Å². The molecule has 0 fully saturated rings. The van der Waals surface area contributed by atoms with Crippen LogP contribution in [0.2, 0.25) is 0 Å². The van der Waals surface area contributed by atoms with Crippen LogP contribution in [0.15, 0.2) is 22.7 Å². The number of rotatable bonds is 3. The number of aromatic nitrogens is 1. The highest BCUT2D eigenvalue weighted by Gasteiger charge is 2.18. The highest BCUT2D eigenvalue weighted by Crippen LogP contribution is 2.30. The summed E-state index contributed by atoms with van der Waals surface area (Å²) >= 11 is 0. The van der Waals surface area contributed by atoms with Crippen molar-refractivity contribution in [3.05, 3.63) is 35.4 Å². The first kappa shape index (κ1) is 11.6. The Bertz CT molecular complexity index is 537. The summed E-state index contributed by atoms with van der Waals surface area (Å²) in [6.45, 7) is 1.97. The number of benzene rings is 1. The zero-order chi connectivity index (χ0) is 12.4. The maximum absolute atomic E-state index is 13.6. The smallest absolute Gasteiger partial charge is 0.175 e. The lowest BCUT2D eigenvalue weighted by molar-refractivity contribution is 0.432. The van der Waals surface area contributed by atoms with Gasteiger partial charge in [-0.1, -0.05) is 18.5 Å². The molecular formula is C12H12F2N2O. The van der Waals surface area contributed by atoms with Crippen LogP contribution in [0.25, 0.3) is 11.3 Å². The van der Waals surface area contributed by atoms with Gasteiger partial charge in [-0.05, 0) is 18.6 Å². The molecule has 0 radical (unpaired) electrons. The van der Waals surface area contributed by atoms with Gasteiger partial charge < -0.3 is 10.3 Å². The average Bonchev–Trinajstić information content (AvgIpc) is 2.62. The van der Waals surface area contributed by atoms with Gasteiger partial charge in [0.1, 0.15) is 11.6 Å². The molecule has 0 saturated heterocycles. The number of halogens is 2. The number of nitrogen functional groups attached to an aromatic ring is 1. The zero-order valence-corrected chi connectivity index (χ0v) is 9.34. The van der Waals surface area contributed by atoms with Crippen LogP contribution in [-0.2, 0) is 6.42 Å². The van der Waals surface area contributed by atoms with Crippen molar-refractivity contribution < 1.29 is 13.3 Å². The van der Waals surface area contributed by atoms with Crippen LogP contribution in [0, 0.1) is 11.6 Å². The predicted octanol–water partition coefficient (Wildman–Crippen LogP) is 3.15. The normalized spacial score (nSPS) is 10.8. The van der Waals surface area contributed by atoms with E-state index in [9.17, 15) is 8.78 Å². The molecule has 0 atom stereocenters. The molecule has 0 aliphatic carbocycles. The van der Waals surface area contributed by atoms with Gasteiger partial charge in [0.2, 0.25) is 0 Å². The van der Waals surface area contributed by atoms with Crippen molar-refractivity contribution in [2.24, 2.45) is 0 Å². The fourth-order valence-electron chi connectivity index (χ4n) is 1.70. The summed E-state index contributed by atoms with van der Waals surface area (Å²) in [5.41, 5.74) is 6.49. The van der Waals surface area contributed by atoms with E-state index in [4.69, 9.17) is 10.3 Å². The minimum atomic E-state index is -0.682. The van der Waals surface area contributed by atoms with E-state index in [0.29, 0.717) is 12.0 Å². The van der Waals surface area contributed by atoms with Crippen LogP contribution >= 0.6 is 0 Å². The highest BCUT2D eigenvalue weighted by atomic mass is 19.1. The lowest BCUT2D eigenvalue weighted by Crippen LogP contribution is -1.94. The summed E-state index contributed by atoms with van der Waals surface area (Å²) in [6, 6.07) is 3.31. The average molecular weight is 238 g/mol. The maximum Gasteiger partial charge on any atom is 0.175 e. The number of nitrogens with zero attached hydrogens (tertiary/aromatic N) is 1. The molecule has 0 amide bonds. The first-order valence-corrected chi connectivity index (χ1v) is 5.33. The van der Waals surface area contributed by atoms with E-state index in [1.807, 2.05) is 6.92 Å². The molecule has 1 heterocycles. The molecule has 1 aromatic carbocycles. The van der Waals surface area contributed by atoms with Gasteiger partial charge in [0, 0.05) is 11.6 Å². The van der Waals surface area contributed by atoms with Crippen LogP contribution in [0.5, 0.6) is 0 Å². The molecular weight excluding hydrogens is 226 g/mol. The molecule has 90 valence electrons. The molecule has 1 aromatic heterocycles. The largest absolute Gasteiger partial charge is 0.381 e. The second-order valence-corrected chi connectivity index (χ2v) is 3.75. The van der Waals surface area contributed by atoms with Crippen molar-refractivity contribution in [2.75, 3.05) is 5.73 Å². The molecule has 2 aromatic rings. The summed E-state index contributed by atoms with van der Waals surface area (Å²) in [4.78, 5) is 0. The van der Waals surface area contributed by atoms with Crippen molar-refractivity contribution in [3.63, 3.8) is 0 Å². The van der Waals surface area contributed by atoms with E-state index in [2.05, 4.69) is 5.16 Å². The topological polar surface area (TPSA) is 52.0 Å². The zero-order valence-electron chi connectivity index (χ0n) is 9.34. The van der Waals surface area contributed by atoms with Crippen LogP contribution in [0.1, 0.15) is 18.9 Å². The molecule has 0 aliphatic heterocycles. The fourth-order valence-corrected chi connectivity index (χ4v) is 1.70. The lowest BCUT2D eigenvalue weighted by Gasteiger charge is -2.02. The Morgan fingerprint density at radius 1 is 1.35 bits per heavy atom.